The molecule has 24 heavy (non-hydrogen) atoms. The van der Waals surface area contributed by atoms with E-state index in [0.717, 1.165) is 0 Å². The average molecular weight is 351 g/mol. The minimum Gasteiger partial charge on any atom is -0.315 e. The van der Waals surface area contributed by atoms with Gasteiger partial charge in [-0.05, 0) is 30.9 Å². The van der Waals surface area contributed by atoms with Crippen LogP contribution < -0.4 is 0 Å². The molecule has 0 aromatic carbocycles. The number of hydrogen-bond donors (Lipinski definition) is 0. The quantitative estimate of drug-likeness (QED) is 0.291. The summed E-state index contributed by atoms with van der Waals surface area (Å²) in [7, 11) is -3.18. The maximum atomic E-state index is 12.3. The number of hydrogen-bond acceptors (Lipinski definition) is 7. The van der Waals surface area contributed by atoms with E-state index in [9.17, 15) is 4.57 Å². The van der Waals surface area contributed by atoms with Crippen LogP contribution in [-0.2, 0) is 20.2 Å². The van der Waals surface area contributed by atoms with Gasteiger partial charge in [0, 0.05) is 17.3 Å². The van der Waals surface area contributed by atoms with Crippen molar-refractivity contribution >= 4 is 24.6 Å². The Morgan fingerprint density at radius 3 is 2.75 bits per heavy atom. The highest BCUT2D eigenvalue weighted by atomic mass is 31.2. The third-order valence-corrected chi connectivity index (χ3v) is 4.78. The van der Waals surface area contributed by atoms with Crippen molar-refractivity contribution in [2.45, 2.75) is 26.8 Å². The highest BCUT2D eigenvalue weighted by Crippen LogP contribution is 2.49. The summed E-state index contributed by atoms with van der Waals surface area (Å²) in [5.74, 6) is 1.66. The highest BCUT2D eigenvalue weighted by Gasteiger charge is 2.18. The van der Waals surface area contributed by atoms with Crippen molar-refractivity contribution in [2.24, 2.45) is 5.11 Å². The van der Waals surface area contributed by atoms with Gasteiger partial charge < -0.3 is 13.6 Å². The SMILES string of the molecule is CCOP(=O)(/C=C\CCn1cnc2c(N=[N+]=[N-])ncnc21)OCC. The molecule has 11 heteroatoms. The molecule has 0 atom stereocenters. The van der Waals surface area contributed by atoms with Gasteiger partial charge in [0.15, 0.2) is 11.5 Å². The Bertz CT molecular complexity index is 803. The Hall–Kier alpha value is -2.25. The van der Waals surface area contributed by atoms with Gasteiger partial charge in [0.05, 0.1) is 19.5 Å². The third-order valence-electron chi connectivity index (χ3n) is 2.96. The zero-order valence-electron chi connectivity index (χ0n) is 13.4. The van der Waals surface area contributed by atoms with E-state index in [1.54, 1.807) is 30.8 Å². The van der Waals surface area contributed by atoms with Crippen molar-refractivity contribution in [3.63, 3.8) is 0 Å². The van der Waals surface area contributed by atoms with Gasteiger partial charge in [0.2, 0.25) is 0 Å². The van der Waals surface area contributed by atoms with E-state index in [4.69, 9.17) is 14.6 Å². The van der Waals surface area contributed by atoms with Crippen LogP contribution in [0.2, 0.25) is 0 Å². The van der Waals surface area contributed by atoms with E-state index in [1.165, 1.54) is 12.1 Å². The molecule has 2 rings (SSSR count). The van der Waals surface area contributed by atoms with Crippen LogP contribution in [0.25, 0.3) is 21.6 Å². The molecule has 2 aromatic heterocycles. The number of fused-ring (bicyclic) bond motifs is 1. The number of nitrogens with zero attached hydrogens (tertiary/aromatic N) is 7. The molecular weight excluding hydrogens is 333 g/mol. The van der Waals surface area contributed by atoms with Crippen molar-refractivity contribution in [3.05, 3.63) is 35.0 Å². The zero-order valence-corrected chi connectivity index (χ0v) is 14.3. The first kappa shape index (κ1) is 18.1. The standard InChI is InChI=1S/C13H18N7O3P/c1-3-22-24(21,23-4-2)8-6-5-7-20-10-17-11-12(18-19-14)15-9-16-13(11)20/h6,8-10H,3-5,7H2,1-2H3/b8-6-. The van der Waals surface area contributed by atoms with Gasteiger partial charge in [-0.3, -0.25) is 4.57 Å². The van der Waals surface area contributed by atoms with Gasteiger partial charge in [-0.15, -0.1) is 0 Å². The van der Waals surface area contributed by atoms with Crippen molar-refractivity contribution in [1.29, 1.82) is 0 Å². The summed E-state index contributed by atoms with van der Waals surface area (Å²) in [5, 5.41) is 3.49. The van der Waals surface area contributed by atoms with Crippen LogP contribution in [-0.4, -0.2) is 32.7 Å². The molecule has 0 aliphatic heterocycles. The van der Waals surface area contributed by atoms with Crippen molar-refractivity contribution in [2.75, 3.05) is 13.2 Å². The molecule has 128 valence electrons. The molecule has 2 heterocycles. The number of aromatic nitrogens is 4. The molecule has 0 saturated heterocycles. The second kappa shape index (κ2) is 8.56. The summed E-state index contributed by atoms with van der Waals surface area (Å²) in [4.78, 5) is 14.9. The van der Waals surface area contributed by atoms with E-state index in [2.05, 4.69) is 25.0 Å². The van der Waals surface area contributed by atoms with Crippen LogP contribution in [0.15, 0.2) is 29.7 Å². The Labute approximate surface area is 138 Å². The van der Waals surface area contributed by atoms with Crippen LogP contribution in [0.3, 0.4) is 0 Å². The maximum Gasteiger partial charge on any atom is 0.353 e. The Morgan fingerprint density at radius 2 is 2.08 bits per heavy atom. The van der Waals surface area contributed by atoms with Gasteiger partial charge in [-0.1, -0.05) is 6.08 Å². The molecular formula is C13H18N7O3P. The Balaban J connectivity index is 2.08. The first-order valence-electron chi connectivity index (χ1n) is 7.41. The monoisotopic (exact) mass is 351 g/mol. The zero-order chi connectivity index (χ0) is 17.4. The van der Waals surface area contributed by atoms with Crippen molar-refractivity contribution in [1.82, 2.24) is 19.5 Å². The average Bonchev–Trinajstić information content (AvgIpc) is 2.97. The number of allylic oxidation sites excluding steroid dienone is 1. The minimum absolute atomic E-state index is 0.189. The molecule has 0 bridgehead atoms. The third kappa shape index (κ3) is 4.39. The summed E-state index contributed by atoms with van der Waals surface area (Å²) in [6.07, 6.45) is 5.23. The van der Waals surface area contributed by atoms with Gasteiger partial charge in [-0.2, -0.15) is 0 Å². The Morgan fingerprint density at radius 1 is 1.33 bits per heavy atom. The van der Waals surface area contributed by atoms with Crippen LogP contribution >= 0.6 is 7.60 Å². The molecule has 0 N–H and O–H groups in total. The van der Waals surface area contributed by atoms with Crippen molar-refractivity contribution in [3.8, 4) is 0 Å². The summed E-state index contributed by atoms with van der Waals surface area (Å²) in [6.45, 7) is 4.70. The molecule has 2 aromatic rings. The number of rotatable bonds is 9. The second-order valence-corrected chi connectivity index (χ2v) is 6.44. The van der Waals surface area contributed by atoms with Crippen LogP contribution in [0.4, 0.5) is 5.82 Å². The molecule has 0 saturated carbocycles. The fraction of sp³-hybridized carbons (Fsp3) is 0.462. The summed E-state index contributed by atoms with van der Waals surface area (Å²) in [5.41, 5.74) is 9.53. The largest absolute Gasteiger partial charge is 0.353 e. The van der Waals surface area contributed by atoms with Gasteiger partial charge in [-0.25, -0.2) is 15.0 Å². The maximum absolute atomic E-state index is 12.3. The number of aryl methyl sites for hydroxylation is 1. The highest BCUT2D eigenvalue weighted by molar-refractivity contribution is 7.57. The molecule has 10 nitrogen and oxygen atoms in total. The lowest BCUT2D eigenvalue weighted by Crippen LogP contribution is -1.97. The molecule has 0 aliphatic carbocycles. The molecule has 0 radical (unpaired) electrons. The normalized spacial score (nSPS) is 11.9. The fourth-order valence-corrected chi connectivity index (χ4v) is 3.42. The molecule has 0 unspecified atom stereocenters. The first-order chi connectivity index (χ1) is 11.6. The van der Waals surface area contributed by atoms with E-state index >= 15 is 0 Å². The first-order valence-corrected chi connectivity index (χ1v) is 9.02. The fourth-order valence-electron chi connectivity index (χ4n) is 2.05. The van der Waals surface area contributed by atoms with Gasteiger partial charge in [0.1, 0.15) is 11.8 Å². The predicted octanol–water partition coefficient (Wildman–Crippen LogP) is 3.94. The minimum atomic E-state index is -3.18. The smallest absolute Gasteiger partial charge is 0.315 e. The summed E-state index contributed by atoms with van der Waals surface area (Å²) in [6, 6.07) is 0. The van der Waals surface area contributed by atoms with E-state index in [0.29, 0.717) is 37.3 Å². The number of azide groups is 1. The summed E-state index contributed by atoms with van der Waals surface area (Å²) < 4.78 is 24.4. The number of imidazole rings is 1. The van der Waals surface area contributed by atoms with Crippen LogP contribution in [0, 0.1) is 0 Å². The molecule has 0 amide bonds. The van der Waals surface area contributed by atoms with E-state index in [1.807, 2.05) is 0 Å². The topological polar surface area (TPSA) is 128 Å². The molecule has 0 fully saturated rings. The molecule has 0 aliphatic rings. The lowest BCUT2D eigenvalue weighted by Gasteiger charge is -2.12. The lowest BCUT2D eigenvalue weighted by molar-refractivity contribution is 0.229. The van der Waals surface area contributed by atoms with Crippen LogP contribution in [0.1, 0.15) is 20.3 Å². The van der Waals surface area contributed by atoms with E-state index < -0.39 is 7.60 Å². The van der Waals surface area contributed by atoms with Crippen LogP contribution in [0.5, 0.6) is 0 Å². The Kier molecular flexibility index (Phi) is 6.45. The predicted molar refractivity (Wildman–Crippen MR) is 88.7 cm³/mol. The summed E-state index contributed by atoms with van der Waals surface area (Å²) >= 11 is 0. The molecule has 0 spiro atoms. The van der Waals surface area contributed by atoms with Gasteiger partial charge >= 0.3 is 7.60 Å². The lowest BCUT2D eigenvalue weighted by atomic mass is 10.4. The van der Waals surface area contributed by atoms with Gasteiger partial charge in [0.25, 0.3) is 0 Å². The van der Waals surface area contributed by atoms with E-state index in [-0.39, 0.29) is 5.82 Å². The van der Waals surface area contributed by atoms with Crippen molar-refractivity contribution < 1.29 is 13.6 Å². The second-order valence-electron chi connectivity index (χ2n) is 4.55.